The lowest BCUT2D eigenvalue weighted by Crippen LogP contribution is -2.42. The Balaban J connectivity index is 1.39. The molecule has 170 valence electrons. The molecule has 4 N–H and O–H groups in total. The Morgan fingerprint density at radius 2 is 2.06 bits per heavy atom. The number of nitrogens with two attached hydrogens (primary N) is 1. The van der Waals surface area contributed by atoms with Crippen molar-refractivity contribution in [3.63, 3.8) is 0 Å². The summed E-state index contributed by atoms with van der Waals surface area (Å²) in [5, 5.41) is 8.95. The number of likely N-dealkylation sites (N-methyl/N-ethyl adjacent to an activating group) is 1. The Labute approximate surface area is 189 Å². The van der Waals surface area contributed by atoms with Gasteiger partial charge in [-0.05, 0) is 70.8 Å². The number of aromatic amines is 2. The van der Waals surface area contributed by atoms with Crippen molar-refractivity contribution >= 4 is 22.5 Å². The lowest BCUT2D eigenvalue weighted by atomic mass is 9.82. The molecule has 32 heavy (non-hydrogen) atoms. The van der Waals surface area contributed by atoms with Gasteiger partial charge in [-0.15, -0.1) is 0 Å². The third kappa shape index (κ3) is 4.07. The van der Waals surface area contributed by atoms with Crippen LogP contribution in [0.2, 0.25) is 0 Å². The molecule has 7 heteroatoms. The van der Waals surface area contributed by atoms with Crippen molar-refractivity contribution in [1.82, 2.24) is 20.1 Å². The van der Waals surface area contributed by atoms with Crippen molar-refractivity contribution in [2.75, 3.05) is 31.1 Å². The number of fused-ring (bicyclic) bond motifs is 2. The van der Waals surface area contributed by atoms with Crippen LogP contribution in [0.5, 0.6) is 0 Å². The molecule has 3 heterocycles. The first-order valence-electron chi connectivity index (χ1n) is 11.9. The first-order valence-corrected chi connectivity index (χ1v) is 11.9. The number of H-pyrrole nitrogens is 2. The van der Waals surface area contributed by atoms with Gasteiger partial charge in [-0.1, -0.05) is 12.5 Å². The molecule has 5 rings (SSSR count). The normalized spacial score (nSPS) is 21.6. The summed E-state index contributed by atoms with van der Waals surface area (Å²) in [5.74, 6) is 0.173. The first-order chi connectivity index (χ1) is 15.4. The highest BCUT2D eigenvalue weighted by Gasteiger charge is 2.30. The zero-order valence-corrected chi connectivity index (χ0v) is 19.2. The van der Waals surface area contributed by atoms with Gasteiger partial charge in [-0.2, -0.15) is 5.10 Å². The molecule has 0 spiro atoms. The number of anilines is 1. The summed E-state index contributed by atoms with van der Waals surface area (Å²) in [6, 6.07) is 8.39. The Morgan fingerprint density at radius 1 is 1.25 bits per heavy atom. The molecule has 1 aliphatic carbocycles. The predicted octanol–water partition coefficient (Wildman–Crippen LogP) is 3.60. The number of amides is 1. The summed E-state index contributed by atoms with van der Waals surface area (Å²) in [5.41, 5.74) is 12.6. The molecule has 1 amide bonds. The summed E-state index contributed by atoms with van der Waals surface area (Å²) >= 11 is 0. The van der Waals surface area contributed by atoms with Gasteiger partial charge in [-0.25, -0.2) is 0 Å². The molecule has 1 atom stereocenters. The number of carbonyl (C=O) groups is 1. The van der Waals surface area contributed by atoms with E-state index in [2.05, 4.69) is 51.3 Å². The van der Waals surface area contributed by atoms with Gasteiger partial charge in [0.2, 0.25) is 5.91 Å². The van der Waals surface area contributed by atoms with E-state index >= 15 is 0 Å². The van der Waals surface area contributed by atoms with Gasteiger partial charge in [0.05, 0.1) is 12.2 Å². The third-order valence-electron chi connectivity index (χ3n) is 7.08. The highest BCUT2D eigenvalue weighted by Crippen LogP contribution is 2.34. The number of likely N-dealkylation sites (tertiary alicyclic amines) is 1. The molecule has 0 radical (unpaired) electrons. The predicted molar refractivity (Wildman–Crippen MR) is 129 cm³/mol. The Morgan fingerprint density at radius 3 is 2.84 bits per heavy atom. The van der Waals surface area contributed by atoms with Gasteiger partial charge in [0.15, 0.2) is 0 Å². The van der Waals surface area contributed by atoms with Gasteiger partial charge in [-0.3, -0.25) is 14.8 Å². The molecule has 1 aliphatic heterocycles. The third-order valence-corrected chi connectivity index (χ3v) is 7.08. The van der Waals surface area contributed by atoms with E-state index in [4.69, 9.17) is 5.73 Å². The zero-order valence-electron chi connectivity index (χ0n) is 19.2. The molecule has 2 aliphatic rings. The van der Waals surface area contributed by atoms with Crippen LogP contribution in [0.1, 0.15) is 50.8 Å². The molecule has 7 nitrogen and oxygen atoms in total. The number of hydrogen-bond donors (Lipinski definition) is 3. The number of carbonyl (C=O) groups excluding carboxylic acids is 1. The van der Waals surface area contributed by atoms with Crippen LogP contribution in [0.3, 0.4) is 0 Å². The molecule has 0 bridgehead atoms. The van der Waals surface area contributed by atoms with Crippen molar-refractivity contribution in [3.8, 4) is 11.4 Å². The molecule has 1 saturated heterocycles. The molecule has 1 unspecified atom stereocenters. The first kappa shape index (κ1) is 21.2. The zero-order chi connectivity index (χ0) is 22.3. The highest BCUT2D eigenvalue weighted by molar-refractivity contribution is 5.97. The fourth-order valence-corrected chi connectivity index (χ4v) is 5.25. The van der Waals surface area contributed by atoms with Crippen LogP contribution in [0.4, 0.5) is 5.69 Å². The van der Waals surface area contributed by atoms with E-state index in [1.165, 1.54) is 24.8 Å². The van der Waals surface area contributed by atoms with Gasteiger partial charge in [0.1, 0.15) is 5.69 Å². The van der Waals surface area contributed by atoms with E-state index in [1.54, 1.807) is 0 Å². The van der Waals surface area contributed by atoms with Crippen LogP contribution in [0.15, 0.2) is 24.3 Å². The minimum atomic E-state index is -0.170. The van der Waals surface area contributed by atoms with Gasteiger partial charge >= 0.3 is 0 Å². The Kier molecular flexibility index (Phi) is 5.55. The quantitative estimate of drug-likeness (QED) is 0.572. The summed E-state index contributed by atoms with van der Waals surface area (Å²) < 4.78 is 0. The van der Waals surface area contributed by atoms with Crippen molar-refractivity contribution < 1.29 is 4.79 Å². The van der Waals surface area contributed by atoms with E-state index in [0.717, 1.165) is 66.0 Å². The van der Waals surface area contributed by atoms with Gasteiger partial charge < -0.3 is 15.6 Å². The number of hydrogen-bond acceptors (Lipinski definition) is 4. The van der Waals surface area contributed by atoms with E-state index < -0.39 is 0 Å². The minimum absolute atomic E-state index is 0.170. The van der Waals surface area contributed by atoms with Crippen LogP contribution in [0, 0.1) is 0 Å². The maximum absolute atomic E-state index is 13.0. The van der Waals surface area contributed by atoms with Crippen molar-refractivity contribution in [2.24, 2.45) is 5.73 Å². The second kappa shape index (κ2) is 8.37. The second-order valence-corrected chi connectivity index (χ2v) is 9.79. The fourth-order valence-electron chi connectivity index (χ4n) is 5.25. The largest absolute Gasteiger partial charge is 0.353 e. The van der Waals surface area contributed by atoms with Crippen LogP contribution in [-0.4, -0.2) is 57.7 Å². The molecule has 1 fully saturated rings. The molecule has 3 aromatic rings. The number of benzene rings is 1. The minimum Gasteiger partial charge on any atom is -0.353 e. The maximum Gasteiger partial charge on any atom is 0.241 e. The summed E-state index contributed by atoms with van der Waals surface area (Å²) in [6.07, 6.45) is 6.38. The van der Waals surface area contributed by atoms with Crippen molar-refractivity contribution in [1.29, 1.82) is 0 Å². The van der Waals surface area contributed by atoms with Gasteiger partial charge in [0.25, 0.3) is 0 Å². The SMILES string of the molecule is CCN(C(=O)CN1CCCCC1)c1ccc2cc(-c3n[nH]c4c3CCC(C)(N)C4)[nH]c2c1. The molecular formula is C25H34N6O. The topological polar surface area (TPSA) is 94.0 Å². The Hall–Kier alpha value is -2.64. The second-order valence-electron chi connectivity index (χ2n) is 9.79. The van der Waals surface area contributed by atoms with Crippen LogP contribution in [-0.2, 0) is 17.6 Å². The molecule has 2 aromatic heterocycles. The molecular weight excluding hydrogens is 400 g/mol. The van der Waals surface area contributed by atoms with Crippen LogP contribution in [0.25, 0.3) is 22.3 Å². The highest BCUT2D eigenvalue weighted by atomic mass is 16.2. The molecule has 0 saturated carbocycles. The number of rotatable bonds is 5. The number of piperidine rings is 1. The average Bonchev–Trinajstić information content (AvgIpc) is 3.37. The Bertz CT molecular complexity index is 1120. The van der Waals surface area contributed by atoms with Crippen LogP contribution >= 0.6 is 0 Å². The van der Waals surface area contributed by atoms with Crippen molar-refractivity contribution in [2.45, 2.75) is 57.9 Å². The smallest absolute Gasteiger partial charge is 0.241 e. The van der Waals surface area contributed by atoms with Gasteiger partial charge in [0, 0.05) is 46.4 Å². The van der Waals surface area contributed by atoms with E-state index in [0.29, 0.717) is 13.1 Å². The van der Waals surface area contributed by atoms with Crippen LogP contribution < -0.4 is 10.6 Å². The maximum atomic E-state index is 13.0. The lowest BCUT2D eigenvalue weighted by molar-refractivity contribution is -0.119. The average molecular weight is 435 g/mol. The monoisotopic (exact) mass is 434 g/mol. The number of nitrogens with zero attached hydrogens (tertiary/aromatic N) is 3. The lowest BCUT2D eigenvalue weighted by Gasteiger charge is -2.29. The molecule has 1 aromatic carbocycles. The van der Waals surface area contributed by atoms with Crippen molar-refractivity contribution in [3.05, 3.63) is 35.5 Å². The standard InChI is InChI=1S/C25H34N6O/c1-3-31(23(32)16-30-11-5-4-6-12-30)18-8-7-17-13-21(27-20(17)14-18)24-19-9-10-25(2,26)15-22(19)28-29-24/h7-8,13-14,27H,3-6,9-12,15-16,26H2,1-2H3,(H,28,29). The van der Waals surface area contributed by atoms with E-state index in [1.807, 2.05) is 11.8 Å². The number of nitrogens with one attached hydrogen (secondary N) is 2. The van der Waals surface area contributed by atoms with E-state index in [-0.39, 0.29) is 11.4 Å². The van der Waals surface area contributed by atoms with E-state index in [9.17, 15) is 4.79 Å². The summed E-state index contributed by atoms with van der Waals surface area (Å²) in [7, 11) is 0. The fraction of sp³-hybridized carbons (Fsp3) is 0.520. The summed E-state index contributed by atoms with van der Waals surface area (Å²) in [6.45, 7) is 7.36. The number of aromatic nitrogens is 3. The summed E-state index contributed by atoms with van der Waals surface area (Å²) in [4.78, 5) is 20.8.